The maximum Gasteiger partial charge on any atom is 0.635 e. The summed E-state index contributed by atoms with van der Waals surface area (Å²) in [5.41, 5.74) is 1.87. The van der Waals surface area contributed by atoms with Crippen molar-refractivity contribution in [2.24, 2.45) is 0 Å². The zero-order valence-corrected chi connectivity index (χ0v) is 17.2. The first kappa shape index (κ1) is 23.0. The molecule has 1 atom stereocenters. The molecule has 0 heterocycles. The number of carbonyl (C=O) groups is 1. The molecule has 3 N–H and O–H groups in total. The van der Waals surface area contributed by atoms with Crippen LogP contribution in [0.3, 0.4) is 0 Å². The molecule has 29 heavy (non-hydrogen) atoms. The Morgan fingerprint density at radius 2 is 1.76 bits per heavy atom. The third-order valence-corrected chi connectivity index (χ3v) is 6.14. The molecule has 0 aliphatic carbocycles. The van der Waals surface area contributed by atoms with E-state index in [9.17, 15) is 13.2 Å². The first-order valence-electron chi connectivity index (χ1n) is 9.14. The normalized spacial score (nSPS) is 12.6. The van der Waals surface area contributed by atoms with Crippen molar-refractivity contribution in [3.8, 4) is 0 Å². The lowest BCUT2D eigenvalue weighted by molar-refractivity contribution is -0.124. The zero-order chi connectivity index (χ0) is 21.4. The van der Waals surface area contributed by atoms with E-state index in [1.54, 1.807) is 25.1 Å². The average molecular weight is 420 g/mol. The van der Waals surface area contributed by atoms with Gasteiger partial charge in [-0.15, -0.1) is 0 Å². The fraction of sp³-hybridized carbons (Fsp3) is 0.316. The minimum atomic E-state index is -3.84. The van der Waals surface area contributed by atoms with Crippen molar-refractivity contribution < 1.29 is 27.9 Å². The van der Waals surface area contributed by atoms with Crippen molar-refractivity contribution in [2.45, 2.75) is 31.4 Å². The number of nitrogens with zero attached hydrogens (tertiary/aromatic N) is 1. The third-order valence-electron chi connectivity index (χ3n) is 4.20. The molecule has 156 valence electrons. The largest absolute Gasteiger partial charge is 0.635 e. The summed E-state index contributed by atoms with van der Waals surface area (Å²) in [6.07, 6.45) is -0.857. The van der Waals surface area contributed by atoms with Gasteiger partial charge < -0.3 is 20.0 Å². The Morgan fingerprint density at radius 1 is 1.14 bits per heavy atom. The molecule has 0 saturated heterocycles. The standard InChI is InChI=1S/C19H25BN2O6S/c1-3-22(29(26,27)17-7-5-4-6-8-17)14-18(23)21-19(28-20(24)25)13-16-11-9-15(2)10-12-16/h4-12,19,24-25H,3,13-14H2,1-2H3,(H,21,23)/t19-/m1/s1. The lowest BCUT2D eigenvalue weighted by atomic mass is 10.1. The Labute approximate surface area is 171 Å². The molecule has 2 aromatic carbocycles. The molecule has 10 heteroatoms. The van der Waals surface area contributed by atoms with Gasteiger partial charge in [-0.2, -0.15) is 4.31 Å². The topological polar surface area (TPSA) is 116 Å². The molecule has 0 unspecified atom stereocenters. The zero-order valence-electron chi connectivity index (χ0n) is 16.4. The molecule has 0 spiro atoms. The number of amides is 1. The van der Waals surface area contributed by atoms with Gasteiger partial charge in [0.25, 0.3) is 0 Å². The van der Waals surface area contributed by atoms with Crippen LogP contribution >= 0.6 is 0 Å². The van der Waals surface area contributed by atoms with Crippen molar-refractivity contribution in [2.75, 3.05) is 13.1 Å². The first-order valence-corrected chi connectivity index (χ1v) is 10.6. The fourth-order valence-electron chi connectivity index (χ4n) is 2.71. The van der Waals surface area contributed by atoms with Crippen LogP contribution in [0.5, 0.6) is 0 Å². The van der Waals surface area contributed by atoms with E-state index in [-0.39, 0.29) is 17.9 Å². The molecular weight excluding hydrogens is 395 g/mol. The molecule has 0 saturated carbocycles. The van der Waals surface area contributed by atoms with Crippen LogP contribution in [0.1, 0.15) is 18.1 Å². The number of sulfonamides is 1. The van der Waals surface area contributed by atoms with E-state index < -0.39 is 36.0 Å². The number of hydrogen-bond acceptors (Lipinski definition) is 6. The number of aryl methyl sites for hydroxylation is 1. The maximum atomic E-state index is 12.7. The molecule has 0 fully saturated rings. The summed E-state index contributed by atoms with van der Waals surface area (Å²) in [4.78, 5) is 12.6. The van der Waals surface area contributed by atoms with Crippen molar-refractivity contribution in [1.29, 1.82) is 0 Å². The van der Waals surface area contributed by atoms with E-state index in [1.807, 2.05) is 31.2 Å². The van der Waals surface area contributed by atoms with E-state index in [2.05, 4.69) is 5.32 Å². The maximum absolute atomic E-state index is 12.7. The molecular formula is C19H25BN2O6S. The van der Waals surface area contributed by atoms with E-state index in [4.69, 9.17) is 14.7 Å². The molecule has 0 aromatic heterocycles. The molecule has 2 aromatic rings. The lowest BCUT2D eigenvalue weighted by Gasteiger charge is -2.23. The predicted molar refractivity (Wildman–Crippen MR) is 109 cm³/mol. The highest BCUT2D eigenvalue weighted by Crippen LogP contribution is 2.15. The highest BCUT2D eigenvalue weighted by Gasteiger charge is 2.27. The minimum absolute atomic E-state index is 0.0906. The van der Waals surface area contributed by atoms with Crippen LogP contribution in [0.25, 0.3) is 0 Å². The van der Waals surface area contributed by atoms with Crippen LogP contribution in [0.15, 0.2) is 59.5 Å². The van der Waals surface area contributed by atoms with Crippen LogP contribution in [-0.2, 0) is 25.9 Å². The highest BCUT2D eigenvalue weighted by atomic mass is 32.2. The monoisotopic (exact) mass is 420 g/mol. The van der Waals surface area contributed by atoms with Gasteiger partial charge in [0.15, 0.2) is 0 Å². The summed E-state index contributed by atoms with van der Waals surface area (Å²) in [7, 11) is -5.92. The van der Waals surface area contributed by atoms with E-state index >= 15 is 0 Å². The molecule has 0 bridgehead atoms. The van der Waals surface area contributed by atoms with Crippen LogP contribution in [0.4, 0.5) is 0 Å². The van der Waals surface area contributed by atoms with Crippen molar-refractivity contribution >= 4 is 23.3 Å². The second-order valence-corrected chi connectivity index (χ2v) is 8.39. The highest BCUT2D eigenvalue weighted by molar-refractivity contribution is 7.89. The second kappa shape index (κ2) is 10.5. The van der Waals surface area contributed by atoms with Crippen molar-refractivity contribution in [1.82, 2.24) is 9.62 Å². The first-order chi connectivity index (χ1) is 13.7. The Bertz CT molecular complexity index is 891. The molecule has 0 aliphatic heterocycles. The number of hydrogen-bond donors (Lipinski definition) is 3. The summed E-state index contributed by atoms with van der Waals surface area (Å²) >= 11 is 0. The third kappa shape index (κ3) is 6.95. The number of nitrogens with one attached hydrogen (secondary N) is 1. The average Bonchev–Trinajstić information content (AvgIpc) is 2.68. The Hall–Kier alpha value is -2.24. The molecule has 2 rings (SSSR count). The Balaban J connectivity index is 2.08. The van der Waals surface area contributed by atoms with Crippen molar-refractivity contribution in [3.05, 3.63) is 65.7 Å². The van der Waals surface area contributed by atoms with Gasteiger partial charge in [0.2, 0.25) is 15.9 Å². The fourth-order valence-corrected chi connectivity index (χ4v) is 4.14. The summed E-state index contributed by atoms with van der Waals surface area (Å²) in [6.45, 7) is 3.23. The van der Waals surface area contributed by atoms with Gasteiger partial charge >= 0.3 is 7.32 Å². The van der Waals surface area contributed by atoms with Crippen LogP contribution in [-0.4, -0.2) is 55.3 Å². The van der Waals surface area contributed by atoms with E-state index in [0.29, 0.717) is 0 Å². The summed E-state index contributed by atoms with van der Waals surface area (Å²) in [5, 5.41) is 20.8. The second-order valence-electron chi connectivity index (χ2n) is 6.45. The molecule has 0 aliphatic rings. The summed E-state index contributed by atoms with van der Waals surface area (Å²) < 4.78 is 31.4. The molecule has 0 radical (unpaired) electrons. The van der Waals surface area contributed by atoms with E-state index in [0.717, 1.165) is 15.4 Å². The van der Waals surface area contributed by atoms with Gasteiger partial charge in [-0.3, -0.25) is 4.79 Å². The minimum Gasteiger partial charge on any atom is -0.402 e. The summed E-state index contributed by atoms with van der Waals surface area (Å²) in [6, 6.07) is 15.3. The van der Waals surface area contributed by atoms with Gasteiger partial charge in [0.1, 0.15) is 6.23 Å². The quantitative estimate of drug-likeness (QED) is 0.385. The van der Waals surface area contributed by atoms with Crippen LogP contribution in [0, 0.1) is 6.92 Å². The van der Waals surface area contributed by atoms with Gasteiger partial charge in [-0.05, 0) is 24.6 Å². The summed E-state index contributed by atoms with van der Waals surface area (Å²) in [5.74, 6) is -0.621. The number of carbonyl (C=O) groups excluding carboxylic acids is 1. The van der Waals surface area contributed by atoms with Gasteiger partial charge in [0.05, 0.1) is 11.4 Å². The Morgan fingerprint density at radius 3 is 2.31 bits per heavy atom. The lowest BCUT2D eigenvalue weighted by Crippen LogP contribution is -2.47. The van der Waals surface area contributed by atoms with Crippen LogP contribution < -0.4 is 5.32 Å². The number of rotatable bonds is 10. The van der Waals surface area contributed by atoms with Gasteiger partial charge in [-0.1, -0.05) is 55.0 Å². The van der Waals surface area contributed by atoms with Gasteiger partial charge in [0, 0.05) is 13.0 Å². The SMILES string of the molecule is CCN(CC(=O)N[C@@H](Cc1ccc(C)cc1)OB(O)O)S(=O)(=O)c1ccccc1. The smallest absolute Gasteiger partial charge is 0.402 e. The van der Waals surface area contributed by atoms with Crippen LogP contribution in [0.2, 0.25) is 0 Å². The van der Waals surface area contributed by atoms with Crippen molar-refractivity contribution in [3.63, 3.8) is 0 Å². The molecule has 1 amide bonds. The number of likely N-dealkylation sites (N-methyl/N-ethyl adjacent to an activating group) is 1. The Kier molecular flexibility index (Phi) is 8.36. The number of benzene rings is 2. The van der Waals surface area contributed by atoms with Gasteiger partial charge in [-0.25, -0.2) is 8.42 Å². The van der Waals surface area contributed by atoms with E-state index in [1.165, 1.54) is 12.1 Å². The molecule has 8 nitrogen and oxygen atoms in total. The predicted octanol–water partition coefficient (Wildman–Crippen LogP) is 0.677.